The molecule has 1 saturated carbocycles. The second-order valence-corrected chi connectivity index (χ2v) is 6.19. The van der Waals surface area contributed by atoms with E-state index in [2.05, 4.69) is 12.2 Å². The quantitative estimate of drug-likeness (QED) is 0.826. The van der Waals surface area contributed by atoms with Crippen molar-refractivity contribution in [3.8, 4) is 5.75 Å². The van der Waals surface area contributed by atoms with Gasteiger partial charge in [-0.1, -0.05) is 13.0 Å². The van der Waals surface area contributed by atoms with E-state index in [4.69, 9.17) is 16.3 Å². The van der Waals surface area contributed by atoms with Crippen molar-refractivity contribution in [2.24, 2.45) is 5.92 Å². The summed E-state index contributed by atoms with van der Waals surface area (Å²) < 4.78 is 18.6. The molecule has 0 saturated heterocycles. The lowest BCUT2D eigenvalue weighted by Gasteiger charge is -2.39. The molecule has 112 valence electrons. The molecule has 2 nitrogen and oxygen atoms in total. The lowest BCUT2D eigenvalue weighted by atomic mass is 9.78. The summed E-state index contributed by atoms with van der Waals surface area (Å²) in [6, 6.07) is 5.09. The van der Waals surface area contributed by atoms with Gasteiger partial charge in [0.25, 0.3) is 0 Å². The zero-order valence-corrected chi connectivity index (χ0v) is 13.0. The SMILES string of the molecule is COc1ccc(CNC2(CCl)CCC(C)CC2)cc1F. The fourth-order valence-corrected chi connectivity index (χ4v) is 3.14. The van der Waals surface area contributed by atoms with E-state index in [1.54, 1.807) is 6.07 Å². The van der Waals surface area contributed by atoms with Crippen LogP contribution < -0.4 is 10.1 Å². The number of benzene rings is 1. The van der Waals surface area contributed by atoms with Crippen molar-refractivity contribution in [3.63, 3.8) is 0 Å². The van der Waals surface area contributed by atoms with Crippen LogP contribution >= 0.6 is 11.6 Å². The molecule has 0 unspecified atom stereocenters. The Bertz CT molecular complexity index is 444. The molecule has 0 radical (unpaired) electrons. The number of methoxy groups -OCH3 is 1. The van der Waals surface area contributed by atoms with Gasteiger partial charge in [0.15, 0.2) is 11.6 Å². The maximum Gasteiger partial charge on any atom is 0.165 e. The smallest absolute Gasteiger partial charge is 0.165 e. The Labute approximate surface area is 125 Å². The highest BCUT2D eigenvalue weighted by molar-refractivity contribution is 6.18. The Balaban J connectivity index is 1.98. The predicted molar refractivity (Wildman–Crippen MR) is 80.9 cm³/mol. The lowest BCUT2D eigenvalue weighted by molar-refractivity contribution is 0.216. The second-order valence-electron chi connectivity index (χ2n) is 5.92. The van der Waals surface area contributed by atoms with Crippen molar-refractivity contribution in [1.29, 1.82) is 0 Å². The maximum absolute atomic E-state index is 13.7. The molecule has 1 N–H and O–H groups in total. The largest absolute Gasteiger partial charge is 0.494 e. The van der Waals surface area contributed by atoms with E-state index in [0.717, 1.165) is 24.3 Å². The molecule has 20 heavy (non-hydrogen) atoms. The van der Waals surface area contributed by atoms with Crippen LogP contribution in [-0.2, 0) is 6.54 Å². The van der Waals surface area contributed by atoms with Gasteiger partial charge in [-0.05, 0) is 49.3 Å². The van der Waals surface area contributed by atoms with E-state index in [1.165, 1.54) is 26.0 Å². The van der Waals surface area contributed by atoms with Gasteiger partial charge in [-0.3, -0.25) is 0 Å². The minimum atomic E-state index is -0.316. The van der Waals surface area contributed by atoms with Crippen molar-refractivity contribution in [2.45, 2.75) is 44.7 Å². The lowest BCUT2D eigenvalue weighted by Crippen LogP contribution is -2.49. The van der Waals surface area contributed by atoms with Crippen LogP contribution in [0.3, 0.4) is 0 Å². The third kappa shape index (κ3) is 3.64. The van der Waals surface area contributed by atoms with Crippen molar-refractivity contribution in [2.75, 3.05) is 13.0 Å². The summed E-state index contributed by atoms with van der Waals surface area (Å²) >= 11 is 6.17. The van der Waals surface area contributed by atoms with E-state index < -0.39 is 0 Å². The van der Waals surface area contributed by atoms with E-state index >= 15 is 0 Å². The zero-order chi connectivity index (χ0) is 14.6. The molecule has 2 rings (SSSR count). The summed E-state index contributed by atoms with van der Waals surface area (Å²) in [5.74, 6) is 1.36. The Morgan fingerprint density at radius 1 is 1.40 bits per heavy atom. The number of rotatable bonds is 5. The third-order valence-electron chi connectivity index (χ3n) is 4.37. The fourth-order valence-electron chi connectivity index (χ4n) is 2.78. The van der Waals surface area contributed by atoms with Gasteiger partial charge in [-0.15, -0.1) is 11.6 Å². The highest BCUT2D eigenvalue weighted by Crippen LogP contribution is 2.33. The van der Waals surface area contributed by atoms with Crippen LogP contribution in [0.2, 0.25) is 0 Å². The topological polar surface area (TPSA) is 21.3 Å². The van der Waals surface area contributed by atoms with Crippen LogP contribution in [0, 0.1) is 11.7 Å². The Kier molecular flexibility index (Phi) is 5.28. The van der Waals surface area contributed by atoms with Gasteiger partial charge in [0.05, 0.1) is 7.11 Å². The monoisotopic (exact) mass is 299 g/mol. The van der Waals surface area contributed by atoms with Crippen LogP contribution in [0.4, 0.5) is 4.39 Å². The molecule has 0 spiro atoms. The van der Waals surface area contributed by atoms with E-state index in [1.807, 2.05) is 6.07 Å². The second kappa shape index (κ2) is 6.77. The number of ether oxygens (including phenoxy) is 1. The minimum Gasteiger partial charge on any atom is -0.494 e. The van der Waals surface area contributed by atoms with Crippen LogP contribution in [0.5, 0.6) is 5.75 Å². The summed E-state index contributed by atoms with van der Waals surface area (Å²) in [6.07, 6.45) is 4.60. The van der Waals surface area contributed by atoms with E-state index in [0.29, 0.717) is 12.4 Å². The Morgan fingerprint density at radius 3 is 2.65 bits per heavy atom. The normalized spacial score (nSPS) is 26.5. The molecule has 0 heterocycles. The molecule has 0 amide bonds. The van der Waals surface area contributed by atoms with E-state index in [9.17, 15) is 4.39 Å². The highest BCUT2D eigenvalue weighted by Gasteiger charge is 2.32. The Hall–Kier alpha value is -0.800. The van der Waals surface area contributed by atoms with Crippen LogP contribution in [0.15, 0.2) is 18.2 Å². The van der Waals surface area contributed by atoms with Gasteiger partial charge in [-0.2, -0.15) is 0 Å². The summed E-state index contributed by atoms with van der Waals surface area (Å²) in [6.45, 7) is 2.93. The molecule has 1 aliphatic rings. The van der Waals surface area contributed by atoms with Crippen molar-refractivity contribution < 1.29 is 9.13 Å². The molecule has 0 atom stereocenters. The third-order valence-corrected chi connectivity index (χ3v) is 4.88. The van der Waals surface area contributed by atoms with E-state index in [-0.39, 0.29) is 17.1 Å². The minimum absolute atomic E-state index is 0.00443. The average molecular weight is 300 g/mol. The van der Waals surface area contributed by atoms with Crippen molar-refractivity contribution in [3.05, 3.63) is 29.6 Å². The molecular weight excluding hydrogens is 277 g/mol. The highest BCUT2D eigenvalue weighted by atomic mass is 35.5. The summed E-state index contributed by atoms with van der Waals surface area (Å²) in [5.41, 5.74) is 0.927. The zero-order valence-electron chi connectivity index (χ0n) is 12.2. The van der Waals surface area contributed by atoms with Gasteiger partial charge in [0.2, 0.25) is 0 Å². The first-order valence-corrected chi connectivity index (χ1v) is 7.75. The predicted octanol–water partition coefficient (Wildman–Crippen LogP) is 4.11. The molecule has 0 bridgehead atoms. The first kappa shape index (κ1) is 15.6. The molecule has 0 aliphatic heterocycles. The molecule has 1 aromatic rings. The van der Waals surface area contributed by atoms with Gasteiger partial charge >= 0.3 is 0 Å². The number of nitrogens with one attached hydrogen (secondary N) is 1. The molecule has 0 aromatic heterocycles. The molecule has 1 fully saturated rings. The first-order chi connectivity index (χ1) is 9.58. The summed E-state index contributed by atoms with van der Waals surface area (Å²) in [4.78, 5) is 0. The van der Waals surface area contributed by atoms with Gasteiger partial charge < -0.3 is 10.1 Å². The molecule has 4 heteroatoms. The first-order valence-electron chi connectivity index (χ1n) is 7.22. The van der Waals surface area contributed by atoms with Gasteiger partial charge in [0, 0.05) is 18.0 Å². The van der Waals surface area contributed by atoms with Crippen LogP contribution in [0.1, 0.15) is 38.2 Å². The fraction of sp³-hybridized carbons (Fsp3) is 0.625. The van der Waals surface area contributed by atoms with Gasteiger partial charge in [-0.25, -0.2) is 4.39 Å². The number of hydrogen-bond donors (Lipinski definition) is 1. The number of halogens is 2. The molecule has 1 aromatic carbocycles. The summed E-state index contributed by atoms with van der Waals surface area (Å²) in [5, 5.41) is 3.55. The molecular formula is C16H23ClFNO. The number of hydrogen-bond acceptors (Lipinski definition) is 2. The van der Waals surface area contributed by atoms with Gasteiger partial charge in [0.1, 0.15) is 0 Å². The average Bonchev–Trinajstić information content (AvgIpc) is 2.47. The Morgan fingerprint density at radius 2 is 2.10 bits per heavy atom. The maximum atomic E-state index is 13.7. The van der Waals surface area contributed by atoms with Crippen molar-refractivity contribution in [1.82, 2.24) is 5.32 Å². The number of alkyl halides is 1. The summed E-state index contributed by atoms with van der Waals surface area (Å²) in [7, 11) is 1.47. The van der Waals surface area contributed by atoms with Crippen LogP contribution in [0.25, 0.3) is 0 Å². The van der Waals surface area contributed by atoms with Crippen molar-refractivity contribution >= 4 is 11.6 Å². The van der Waals surface area contributed by atoms with Crippen LogP contribution in [-0.4, -0.2) is 18.5 Å². The molecule has 1 aliphatic carbocycles. The standard InChI is InChI=1S/C16H23ClFNO/c1-12-5-7-16(11-17,8-6-12)19-10-13-3-4-15(20-2)14(18)9-13/h3-4,9,12,19H,5-8,10-11H2,1-2H3.